The lowest BCUT2D eigenvalue weighted by Gasteiger charge is -2.18. The van der Waals surface area contributed by atoms with E-state index in [0.717, 1.165) is 10.5 Å². The minimum absolute atomic E-state index is 0.0392. The molecule has 1 atom stereocenters. The van der Waals surface area contributed by atoms with E-state index in [0.29, 0.717) is 11.5 Å². The highest BCUT2D eigenvalue weighted by Gasteiger charge is 2.43. The van der Waals surface area contributed by atoms with Gasteiger partial charge < -0.3 is 4.52 Å². The number of hydrogen-bond acceptors (Lipinski definition) is 6. The van der Waals surface area contributed by atoms with Crippen molar-refractivity contribution in [3.05, 3.63) is 53.0 Å². The summed E-state index contributed by atoms with van der Waals surface area (Å²) in [6, 6.07) is 10.0. The van der Waals surface area contributed by atoms with E-state index in [1.807, 2.05) is 35.0 Å². The van der Waals surface area contributed by atoms with Crippen molar-refractivity contribution in [2.24, 2.45) is 0 Å². The zero-order chi connectivity index (χ0) is 17.4. The molecule has 8 heteroatoms. The molecule has 4 rings (SSSR count). The van der Waals surface area contributed by atoms with Crippen molar-refractivity contribution in [1.82, 2.24) is 15.0 Å². The zero-order valence-corrected chi connectivity index (χ0v) is 14.1. The second kappa shape index (κ2) is 6.14. The van der Waals surface area contributed by atoms with Crippen molar-refractivity contribution in [3.63, 3.8) is 0 Å². The number of nitrogens with zero attached hydrogens (tertiary/aromatic N) is 4. The zero-order valence-electron chi connectivity index (χ0n) is 13.3. The van der Waals surface area contributed by atoms with Gasteiger partial charge in [0.05, 0.1) is 0 Å². The number of hydrogen-bond donors (Lipinski definition) is 0. The predicted molar refractivity (Wildman–Crippen MR) is 91.9 cm³/mol. The fraction of sp³-hybridized carbons (Fsp3) is 0.176. The van der Waals surface area contributed by atoms with Crippen LogP contribution in [0.4, 0.5) is 10.5 Å². The van der Waals surface area contributed by atoms with Gasteiger partial charge in [-0.25, -0.2) is 4.79 Å². The van der Waals surface area contributed by atoms with Crippen molar-refractivity contribution < 1.29 is 14.1 Å². The molecule has 3 aromatic rings. The average molecular weight is 354 g/mol. The first-order valence-electron chi connectivity index (χ1n) is 7.70. The molecular formula is C17H14N4O3S. The monoisotopic (exact) mass is 354 g/mol. The van der Waals surface area contributed by atoms with Crippen molar-refractivity contribution >= 4 is 29.0 Å². The lowest BCUT2D eigenvalue weighted by molar-refractivity contribution is -0.127. The Balaban J connectivity index is 1.57. The molecule has 0 spiro atoms. The van der Waals surface area contributed by atoms with Crippen LogP contribution in [0, 0.1) is 0 Å². The highest BCUT2D eigenvalue weighted by Crippen LogP contribution is 2.27. The lowest BCUT2D eigenvalue weighted by atomic mass is 10.2. The maximum atomic E-state index is 12.7. The first-order valence-corrected chi connectivity index (χ1v) is 8.64. The summed E-state index contributed by atoms with van der Waals surface area (Å²) in [6.45, 7) is 1.67. The van der Waals surface area contributed by atoms with Crippen LogP contribution < -0.4 is 4.90 Å². The van der Waals surface area contributed by atoms with Gasteiger partial charge in [0, 0.05) is 16.6 Å². The molecule has 0 bridgehead atoms. The summed E-state index contributed by atoms with van der Waals surface area (Å²) in [5.41, 5.74) is 1.53. The number of amides is 3. The number of carbonyl (C=O) groups excluding carboxylic acids is 2. The van der Waals surface area contributed by atoms with Crippen LogP contribution in [-0.2, 0) is 11.3 Å². The summed E-state index contributed by atoms with van der Waals surface area (Å²) in [4.78, 5) is 32.1. The van der Waals surface area contributed by atoms with Gasteiger partial charge in [-0.1, -0.05) is 23.4 Å². The van der Waals surface area contributed by atoms with E-state index in [1.54, 1.807) is 19.1 Å². The van der Waals surface area contributed by atoms with Gasteiger partial charge in [0.25, 0.3) is 5.91 Å². The van der Waals surface area contributed by atoms with Crippen molar-refractivity contribution in [3.8, 4) is 11.4 Å². The van der Waals surface area contributed by atoms with Crippen molar-refractivity contribution in [1.29, 1.82) is 0 Å². The van der Waals surface area contributed by atoms with E-state index in [4.69, 9.17) is 4.52 Å². The molecule has 25 heavy (non-hydrogen) atoms. The molecule has 0 aliphatic carbocycles. The van der Waals surface area contributed by atoms with Crippen molar-refractivity contribution in [2.45, 2.75) is 19.5 Å². The van der Waals surface area contributed by atoms with Gasteiger partial charge in [-0.05, 0) is 30.5 Å². The Morgan fingerprint density at radius 2 is 2.00 bits per heavy atom. The third kappa shape index (κ3) is 2.70. The number of carbonyl (C=O) groups is 2. The quantitative estimate of drug-likeness (QED) is 0.673. The van der Waals surface area contributed by atoms with E-state index >= 15 is 0 Å². The Hall–Kier alpha value is -3.00. The number of aromatic nitrogens is 2. The van der Waals surface area contributed by atoms with E-state index < -0.39 is 6.04 Å². The Morgan fingerprint density at radius 1 is 1.20 bits per heavy atom. The van der Waals surface area contributed by atoms with E-state index in [9.17, 15) is 9.59 Å². The summed E-state index contributed by atoms with van der Waals surface area (Å²) in [7, 11) is 0. The molecule has 1 aliphatic rings. The minimum atomic E-state index is -0.575. The van der Waals surface area contributed by atoms with Crippen LogP contribution in [-0.4, -0.2) is 33.0 Å². The molecule has 0 N–H and O–H groups in total. The molecule has 1 aliphatic heterocycles. The van der Waals surface area contributed by atoms with E-state index in [2.05, 4.69) is 10.1 Å². The summed E-state index contributed by atoms with van der Waals surface area (Å²) >= 11 is 1.53. The Kier molecular flexibility index (Phi) is 3.81. The van der Waals surface area contributed by atoms with Gasteiger partial charge in [-0.15, -0.1) is 0 Å². The van der Waals surface area contributed by atoms with Gasteiger partial charge in [-0.3, -0.25) is 14.6 Å². The standard InChI is InChI=1S/C17H14N4O3S/c1-11-16(22)20(17(23)21(11)13-5-3-2-4-6-13)9-14-18-15(19-24-14)12-7-8-25-10-12/h2-8,10-11H,9H2,1H3. The third-order valence-corrected chi connectivity index (χ3v) is 4.71. The molecule has 7 nitrogen and oxygen atoms in total. The molecule has 3 amide bonds. The summed E-state index contributed by atoms with van der Waals surface area (Å²) in [6.07, 6.45) is 0. The summed E-state index contributed by atoms with van der Waals surface area (Å²) < 4.78 is 5.20. The Bertz CT molecular complexity index is 907. The van der Waals surface area contributed by atoms with Gasteiger partial charge >= 0.3 is 6.03 Å². The molecule has 3 heterocycles. The van der Waals surface area contributed by atoms with E-state index in [1.165, 1.54) is 16.2 Å². The van der Waals surface area contributed by atoms with Crippen LogP contribution in [0.5, 0.6) is 0 Å². The predicted octanol–water partition coefficient (Wildman–Crippen LogP) is 3.16. The first-order chi connectivity index (χ1) is 12.1. The van der Waals surface area contributed by atoms with Gasteiger partial charge in [0.1, 0.15) is 12.6 Å². The van der Waals surface area contributed by atoms with Crippen LogP contribution in [0.25, 0.3) is 11.4 Å². The average Bonchev–Trinajstić information content (AvgIpc) is 3.34. The third-order valence-electron chi connectivity index (χ3n) is 4.02. The normalized spacial score (nSPS) is 17.6. The summed E-state index contributed by atoms with van der Waals surface area (Å²) in [5.74, 6) is 0.387. The van der Waals surface area contributed by atoms with Crippen LogP contribution >= 0.6 is 11.3 Å². The number of thiophene rings is 1. The molecule has 0 saturated carbocycles. The molecular weight excluding hydrogens is 340 g/mol. The minimum Gasteiger partial charge on any atom is -0.337 e. The Morgan fingerprint density at radius 3 is 2.72 bits per heavy atom. The molecule has 0 radical (unpaired) electrons. The maximum Gasteiger partial charge on any atom is 0.332 e. The molecule has 1 saturated heterocycles. The Labute approximate surface area is 147 Å². The number of imide groups is 1. The van der Waals surface area contributed by atoms with Gasteiger partial charge in [0.2, 0.25) is 11.7 Å². The van der Waals surface area contributed by atoms with Crippen LogP contribution in [0.15, 0.2) is 51.7 Å². The number of para-hydroxylation sites is 1. The lowest BCUT2D eigenvalue weighted by Crippen LogP contribution is -2.33. The smallest absolute Gasteiger partial charge is 0.332 e. The molecule has 126 valence electrons. The molecule has 2 aromatic heterocycles. The topological polar surface area (TPSA) is 79.5 Å². The summed E-state index contributed by atoms with van der Waals surface area (Å²) in [5, 5.41) is 7.72. The number of benzene rings is 1. The number of anilines is 1. The first kappa shape index (κ1) is 15.5. The van der Waals surface area contributed by atoms with E-state index in [-0.39, 0.29) is 24.4 Å². The molecule has 1 fully saturated rings. The van der Waals surface area contributed by atoms with Gasteiger partial charge in [0.15, 0.2) is 0 Å². The molecule has 1 unspecified atom stereocenters. The second-order valence-electron chi connectivity index (χ2n) is 5.61. The van der Waals surface area contributed by atoms with Gasteiger partial charge in [-0.2, -0.15) is 16.3 Å². The van der Waals surface area contributed by atoms with Crippen molar-refractivity contribution in [2.75, 3.05) is 4.90 Å². The highest BCUT2D eigenvalue weighted by atomic mass is 32.1. The number of urea groups is 1. The fourth-order valence-electron chi connectivity index (χ4n) is 2.76. The molecule has 1 aromatic carbocycles. The fourth-order valence-corrected chi connectivity index (χ4v) is 3.39. The van der Waals surface area contributed by atoms with Crippen LogP contribution in [0.2, 0.25) is 0 Å². The second-order valence-corrected chi connectivity index (χ2v) is 6.39. The SMILES string of the molecule is CC1C(=O)N(Cc2nc(-c3ccsc3)no2)C(=O)N1c1ccccc1. The van der Waals surface area contributed by atoms with Crippen LogP contribution in [0.1, 0.15) is 12.8 Å². The largest absolute Gasteiger partial charge is 0.337 e. The highest BCUT2D eigenvalue weighted by molar-refractivity contribution is 7.08. The number of rotatable bonds is 4. The van der Waals surface area contributed by atoms with Crippen LogP contribution in [0.3, 0.4) is 0 Å². The maximum absolute atomic E-state index is 12.7.